The van der Waals surface area contributed by atoms with Crippen LogP contribution >= 0.6 is 0 Å². The Morgan fingerprint density at radius 2 is 1.87 bits per heavy atom. The number of hydrogen-bond acceptors (Lipinski definition) is 6. The Kier molecular flexibility index (Phi) is 9.30. The van der Waals surface area contributed by atoms with Crippen molar-refractivity contribution in [3.05, 3.63) is 83.0 Å². The number of hydrogen-bond donors (Lipinski definition) is 1. The fraction of sp³-hybridized carbons (Fsp3) is 0.419. The Labute approximate surface area is 230 Å². The summed E-state index contributed by atoms with van der Waals surface area (Å²) in [6, 6.07) is 13.0. The zero-order valence-electron chi connectivity index (χ0n) is 22.4. The average Bonchev–Trinajstić information content (AvgIpc) is 3.45. The van der Waals surface area contributed by atoms with Gasteiger partial charge in [0.05, 0.1) is 25.4 Å². The highest BCUT2D eigenvalue weighted by molar-refractivity contribution is 5.90. The van der Waals surface area contributed by atoms with Gasteiger partial charge in [-0.1, -0.05) is 30.4 Å². The molecule has 2 amide bonds. The molecule has 3 aliphatic rings. The van der Waals surface area contributed by atoms with E-state index in [1.165, 1.54) is 0 Å². The van der Waals surface area contributed by atoms with Gasteiger partial charge in [0, 0.05) is 44.8 Å². The lowest BCUT2D eigenvalue weighted by Crippen LogP contribution is -2.40. The third kappa shape index (κ3) is 7.71. The number of allylic oxidation sites excluding steroid dienone is 2. The molecule has 0 spiro atoms. The van der Waals surface area contributed by atoms with Crippen LogP contribution in [0.2, 0.25) is 0 Å². The number of esters is 1. The lowest BCUT2D eigenvalue weighted by Gasteiger charge is -2.28. The Morgan fingerprint density at radius 3 is 2.67 bits per heavy atom. The van der Waals surface area contributed by atoms with Crippen molar-refractivity contribution in [2.45, 2.75) is 32.2 Å². The van der Waals surface area contributed by atoms with Crippen molar-refractivity contribution in [3.63, 3.8) is 0 Å². The van der Waals surface area contributed by atoms with Crippen molar-refractivity contribution in [1.29, 1.82) is 0 Å². The molecule has 0 bridgehead atoms. The molecular formula is C31H37N3O5. The number of rotatable bonds is 10. The van der Waals surface area contributed by atoms with E-state index in [9.17, 15) is 9.59 Å². The quantitative estimate of drug-likeness (QED) is 0.443. The number of ether oxygens (including phenoxy) is 3. The summed E-state index contributed by atoms with van der Waals surface area (Å²) in [5, 5.41) is 3.07. The van der Waals surface area contributed by atoms with Crippen LogP contribution < -0.4 is 10.1 Å². The first-order valence-electron chi connectivity index (χ1n) is 13.9. The predicted molar refractivity (Wildman–Crippen MR) is 150 cm³/mol. The maximum absolute atomic E-state index is 13.4. The number of carbonyl (C=O) groups excluding carboxylic acids is 2. The number of urea groups is 1. The average molecular weight is 532 g/mol. The smallest absolute Gasteiger partial charge is 0.338 e. The highest BCUT2D eigenvalue weighted by atomic mass is 16.5. The van der Waals surface area contributed by atoms with Gasteiger partial charge in [-0.2, -0.15) is 0 Å². The van der Waals surface area contributed by atoms with Crippen molar-refractivity contribution in [2.24, 2.45) is 0 Å². The fourth-order valence-electron chi connectivity index (χ4n) is 5.00. The number of amides is 2. The SMILES string of the molecule is O=C(OCC1=CCCC=C1)c1ccc(CN(CCCN2CCOCC2)C(=O)Nc2ccc3c(c2)CCO3)cc1. The second-order valence-electron chi connectivity index (χ2n) is 10.1. The molecule has 1 saturated heterocycles. The van der Waals surface area contributed by atoms with Crippen LogP contribution in [0.3, 0.4) is 0 Å². The molecule has 206 valence electrons. The van der Waals surface area contributed by atoms with Crippen LogP contribution in [0, 0.1) is 0 Å². The molecule has 1 aliphatic carbocycles. The minimum absolute atomic E-state index is 0.145. The zero-order chi connectivity index (χ0) is 26.9. The topological polar surface area (TPSA) is 80.3 Å². The molecule has 0 radical (unpaired) electrons. The summed E-state index contributed by atoms with van der Waals surface area (Å²) >= 11 is 0. The van der Waals surface area contributed by atoms with E-state index in [1.54, 1.807) is 12.1 Å². The monoisotopic (exact) mass is 531 g/mol. The third-order valence-corrected chi connectivity index (χ3v) is 7.24. The maximum Gasteiger partial charge on any atom is 0.338 e. The number of anilines is 1. The fourth-order valence-corrected chi connectivity index (χ4v) is 5.00. The normalized spacial score (nSPS) is 16.7. The number of nitrogens with one attached hydrogen (secondary N) is 1. The van der Waals surface area contributed by atoms with Crippen LogP contribution in [0.4, 0.5) is 10.5 Å². The van der Waals surface area contributed by atoms with E-state index in [0.29, 0.717) is 25.3 Å². The van der Waals surface area contributed by atoms with Crippen molar-refractivity contribution >= 4 is 17.7 Å². The first kappa shape index (κ1) is 27.0. The summed E-state index contributed by atoms with van der Waals surface area (Å²) in [4.78, 5) is 30.1. The van der Waals surface area contributed by atoms with Gasteiger partial charge in [0.2, 0.25) is 0 Å². The van der Waals surface area contributed by atoms with E-state index < -0.39 is 0 Å². The minimum Gasteiger partial charge on any atom is -0.493 e. The van der Waals surface area contributed by atoms with Gasteiger partial charge in [0.25, 0.3) is 0 Å². The van der Waals surface area contributed by atoms with Crippen molar-refractivity contribution in [3.8, 4) is 5.75 Å². The lowest BCUT2D eigenvalue weighted by atomic mass is 10.1. The van der Waals surface area contributed by atoms with E-state index in [-0.39, 0.29) is 18.6 Å². The van der Waals surface area contributed by atoms with Crippen molar-refractivity contribution < 1.29 is 23.8 Å². The number of carbonyl (C=O) groups is 2. The molecule has 5 rings (SSSR count). The molecule has 2 aliphatic heterocycles. The molecule has 39 heavy (non-hydrogen) atoms. The molecule has 8 nitrogen and oxygen atoms in total. The summed E-state index contributed by atoms with van der Waals surface area (Å²) in [5.74, 6) is 0.544. The standard InChI is InChI=1S/C31H37N3O5/c35-30(39-23-25-5-2-1-3-6-25)26-9-7-24(8-10-26)22-34(15-4-14-33-16-19-37-20-17-33)31(36)32-28-11-12-29-27(21-28)13-18-38-29/h2,5-12,21H,1,3-4,13-20,22-23H2,(H,32,36). The largest absolute Gasteiger partial charge is 0.493 e. The molecule has 1 N–H and O–H groups in total. The van der Waals surface area contributed by atoms with Gasteiger partial charge in [-0.3, -0.25) is 4.90 Å². The van der Waals surface area contributed by atoms with E-state index in [2.05, 4.69) is 22.4 Å². The summed E-state index contributed by atoms with van der Waals surface area (Å²) in [5.41, 5.74) is 4.37. The first-order valence-corrected chi connectivity index (χ1v) is 13.9. The number of morpholine rings is 1. The molecule has 2 heterocycles. The molecule has 0 saturated carbocycles. The zero-order valence-corrected chi connectivity index (χ0v) is 22.4. The molecule has 2 aromatic rings. The highest BCUT2D eigenvalue weighted by Crippen LogP contribution is 2.28. The van der Waals surface area contributed by atoms with E-state index in [4.69, 9.17) is 14.2 Å². The van der Waals surface area contributed by atoms with Gasteiger partial charge >= 0.3 is 12.0 Å². The Balaban J connectivity index is 1.20. The van der Waals surface area contributed by atoms with Crippen LogP contribution in [0.25, 0.3) is 0 Å². The molecule has 0 aromatic heterocycles. The van der Waals surface area contributed by atoms with Gasteiger partial charge in [-0.15, -0.1) is 0 Å². The molecule has 0 unspecified atom stereocenters. The number of benzene rings is 2. The van der Waals surface area contributed by atoms with Crippen LogP contribution in [0.15, 0.2) is 66.3 Å². The van der Waals surface area contributed by atoms with Gasteiger partial charge in [-0.05, 0) is 66.3 Å². The van der Waals surface area contributed by atoms with E-state index in [0.717, 1.165) is 86.7 Å². The molecule has 1 fully saturated rings. The van der Waals surface area contributed by atoms with Gasteiger partial charge in [-0.25, -0.2) is 9.59 Å². The second kappa shape index (κ2) is 13.4. The van der Waals surface area contributed by atoms with Gasteiger partial charge in [0.15, 0.2) is 0 Å². The molecular weight excluding hydrogens is 494 g/mol. The van der Waals surface area contributed by atoms with Crippen molar-refractivity contribution in [1.82, 2.24) is 9.80 Å². The van der Waals surface area contributed by atoms with Crippen molar-refractivity contribution in [2.75, 3.05) is 57.9 Å². The van der Waals surface area contributed by atoms with Gasteiger partial charge < -0.3 is 24.4 Å². The first-order chi connectivity index (χ1) is 19.1. The molecule has 2 aromatic carbocycles. The van der Waals surface area contributed by atoms with Crippen LogP contribution in [0.5, 0.6) is 5.75 Å². The summed E-state index contributed by atoms with van der Waals surface area (Å²) in [6.45, 7) is 6.30. The summed E-state index contributed by atoms with van der Waals surface area (Å²) < 4.78 is 16.5. The van der Waals surface area contributed by atoms with Crippen LogP contribution in [-0.4, -0.2) is 74.4 Å². The summed E-state index contributed by atoms with van der Waals surface area (Å²) in [6.07, 6.45) is 9.94. The Hall–Kier alpha value is -3.62. The molecule has 8 heteroatoms. The number of fused-ring (bicyclic) bond motifs is 1. The summed E-state index contributed by atoms with van der Waals surface area (Å²) in [7, 11) is 0. The van der Waals surface area contributed by atoms with E-state index in [1.807, 2.05) is 41.3 Å². The van der Waals surface area contributed by atoms with Crippen LogP contribution in [0.1, 0.15) is 40.7 Å². The van der Waals surface area contributed by atoms with E-state index >= 15 is 0 Å². The van der Waals surface area contributed by atoms with Crippen LogP contribution in [-0.2, 0) is 22.4 Å². The number of nitrogens with zero attached hydrogens (tertiary/aromatic N) is 2. The Morgan fingerprint density at radius 1 is 1.03 bits per heavy atom. The second-order valence-corrected chi connectivity index (χ2v) is 10.1. The minimum atomic E-state index is -0.345. The Bertz CT molecular complexity index is 1200. The third-order valence-electron chi connectivity index (χ3n) is 7.24. The molecule has 0 atom stereocenters. The lowest BCUT2D eigenvalue weighted by molar-refractivity contribution is 0.0365. The maximum atomic E-state index is 13.4. The van der Waals surface area contributed by atoms with Gasteiger partial charge in [0.1, 0.15) is 12.4 Å². The highest BCUT2D eigenvalue weighted by Gasteiger charge is 2.18. The predicted octanol–water partition coefficient (Wildman–Crippen LogP) is 4.81.